The van der Waals surface area contributed by atoms with Crippen LogP contribution >= 0.6 is 11.6 Å². The van der Waals surface area contributed by atoms with E-state index >= 15 is 0 Å². The molecule has 1 aliphatic rings. The van der Waals surface area contributed by atoms with E-state index in [-0.39, 0.29) is 18.6 Å². The van der Waals surface area contributed by atoms with Gasteiger partial charge in [-0.15, -0.1) is 0 Å². The summed E-state index contributed by atoms with van der Waals surface area (Å²) in [4.78, 5) is 14.5. The van der Waals surface area contributed by atoms with Gasteiger partial charge in [0, 0.05) is 30.1 Å². The summed E-state index contributed by atoms with van der Waals surface area (Å²) in [6.45, 7) is 7.81. The Bertz CT molecular complexity index is 867. The average molecular weight is 447 g/mol. The molecule has 2 N–H and O–H groups in total. The number of benzene rings is 2. The molecule has 2 aromatic rings. The Balaban J connectivity index is 1.46. The Morgan fingerprint density at radius 3 is 2.65 bits per heavy atom. The third kappa shape index (κ3) is 7.13. The lowest BCUT2D eigenvalue weighted by molar-refractivity contribution is -0.123. The molecule has 1 amide bonds. The molecule has 2 aromatic carbocycles. The van der Waals surface area contributed by atoms with Crippen LogP contribution in [-0.2, 0) is 4.79 Å². The molecule has 1 fully saturated rings. The lowest BCUT2D eigenvalue weighted by Crippen LogP contribution is -2.35. The molecule has 1 aliphatic heterocycles. The normalized spacial score (nSPS) is 17.9. The number of anilines is 1. The molecular formula is C24H31ClN2O4. The first-order valence-electron chi connectivity index (χ1n) is 10.6. The number of amides is 1. The lowest BCUT2D eigenvalue weighted by Gasteiger charge is -2.22. The van der Waals surface area contributed by atoms with Crippen LogP contribution in [0.25, 0.3) is 0 Å². The first-order valence-corrected chi connectivity index (χ1v) is 10.9. The minimum atomic E-state index is -0.652. The van der Waals surface area contributed by atoms with E-state index in [0.29, 0.717) is 23.0 Å². The molecule has 0 aliphatic carbocycles. The van der Waals surface area contributed by atoms with E-state index < -0.39 is 11.5 Å². The number of ether oxygens (including phenoxy) is 2. The zero-order valence-corrected chi connectivity index (χ0v) is 19.1. The zero-order chi connectivity index (χ0) is 22.4. The number of hydrogen-bond acceptors (Lipinski definition) is 5. The van der Waals surface area contributed by atoms with Gasteiger partial charge in [-0.05, 0) is 42.8 Å². The Kier molecular flexibility index (Phi) is 7.81. The minimum Gasteiger partial charge on any atom is -0.489 e. The fraction of sp³-hybridized carbons (Fsp3) is 0.458. The summed E-state index contributed by atoms with van der Waals surface area (Å²) in [6, 6.07) is 14.6. The second kappa shape index (κ2) is 10.4. The van der Waals surface area contributed by atoms with Crippen LogP contribution in [0.1, 0.15) is 27.2 Å². The number of rotatable bonds is 8. The van der Waals surface area contributed by atoms with Crippen LogP contribution in [0.4, 0.5) is 5.69 Å². The van der Waals surface area contributed by atoms with Crippen molar-refractivity contribution in [2.45, 2.75) is 39.4 Å². The van der Waals surface area contributed by atoms with Crippen LogP contribution in [-0.4, -0.2) is 54.4 Å². The number of carbonyl (C=O) groups excluding carboxylic acids is 1. The van der Waals surface area contributed by atoms with Crippen molar-refractivity contribution < 1.29 is 19.4 Å². The van der Waals surface area contributed by atoms with E-state index in [9.17, 15) is 9.90 Å². The third-order valence-electron chi connectivity index (χ3n) is 5.06. The topological polar surface area (TPSA) is 71.0 Å². The molecule has 7 heteroatoms. The summed E-state index contributed by atoms with van der Waals surface area (Å²) < 4.78 is 11.8. The highest BCUT2D eigenvalue weighted by Gasteiger charge is 2.26. The summed E-state index contributed by atoms with van der Waals surface area (Å²) in [7, 11) is 0. The maximum atomic E-state index is 12.3. The van der Waals surface area contributed by atoms with Crippen molar-refractivity contribution in [3.8, 4) is 11.5 Å². The monoisotopic (exact) mass is 446 g/mol. The van der Waals surface area contributed by atoms with E-state index in [1.165, 1.54) is 0 Å². The molecule has 2 unspecified atom stereocenters. The molecule has 168 valence electrons. The summed E-state index contributed by atoms with van der Waals surface area (Å²) in [5, 5.41) is 14.1. The highest BCUT2D eigenvalue weighted by molar-refractivity contribution is 6.30. The molecule has 31 heavy (non-hydrogen) atoms. The van der Waals surface area contributed by atoms with E-state index in [2.05, 4.69) is 10.2 Å². The lowest BCUT2D eigenvalue weighted by atomic mass is 9.95. The first kappa shape index (κ1) is 23.4. The van der Waals surface area contributed by atoms with Crippen LogP contribution in [0, 0.1) is 5.41 Å². The summed E-state index contributed by atoms with van der Waals surface area (Å²) in [6.07, 6.45) is 0.334. The van der Waals surface area contributed by atoms with Crippen molar-refractivity contribution in [3.05, 3.63) is 53.6 Å². The fourth-order valence-corrected chi connectivity index (χ4v) is 3.43. The van der Waals surface area contributed by atoms with Gasteiger partial charge in [0.25, 0.3) is 0 Å². The highest BCUT2D eigenvalue weighted by Crippen LogP contribution is 2.27. The van der Waals surface area contributed by atoms with Crippen LogP contribution in [0.5, 0.6) is 11.5 Å². The van der Waals surface area contributed by atoms with Gasteiger partial charge >= 0.3 is 0 Å². The minimum absolute atomic E-state index is 0.0858. The maximum Gasteiger partial charge on any atom is 0.229 e. The molecular weight excluding hydrogens is 416 g/mol. The predicted octanol–water partition coefficient (Wildman–Crippen LogP) is 4.22. The second-order valence-corrected chi connectivity index (χ2v) is 9.34. The van der Waals surface area contributed by atoms with Crippen LogP contribution in [0.3, 0.4) is 0 Å². The Morgan fingerprint density at radius 2 is 1.94 bits per heavy atom. The Morgan fingerprint density at radius 1 is 1.23 bits per heavy atom. The number of nitrogens with zero attached hydrogens (tertiary/aromatic N) is 1. The summed E-state index contributed by atoms with van der Waals surface area (Å²) >= 11 is 5.91. The Labute approximate surface area is 189 Å². The van der Waals surface area contributed by atoms with Gasteiger partial charge in [0.2, 0.25) is 5.91 Å². The van der Waals surface area contributed by atoms with Gasteiger partial charge in [-0.25, -0.2) is 0 Å². The molecule has 0 spiro atoms. The number of nitrogens with one attached hydrogen (secondary N) is 1. The molecule has 0 saturated carbocycles. The van der Waals surface area contributed by atoms with E-state index in [1.807, 2.05) is 57.2 Å². The number of likely N-dealkylation sites (tertiary alicyclic amines) is 1. The number of aliphatic hydroxyl groups excluding tert-OH is 1. The highest BCUT2D eigenvalue weighted by atomic mass is 35.5. The number of hydrogen-bond donors (Lipinski definition) is 2. The predicted molar refractivity (Wildman–Crippen MR) is 123 cm³/mol. The molecule has 2 atom stereocenters. The average Bonchev–Trinajstić information content (AvgIpc) is 3.15. The van der Waals surface area contributed by atoms with Crippen LogP contribution in [0.2, 0.25) is 5.02 Å². The van der Waals surface area contributed by atoms with E-state index in [4.69, 9.17) is 21.1 Å². The van der Waals surface area contributed by atoms with Gasteiger partial charge in [-0.3, -0.25) is 9.69 Å². The number of carbonyl (C=O) groups is 1. The van der Waals surface area contributed by atoms with Crippen molar-refractivity contribution in [3.63, 3.8) is 0 Å². The van der Waals surface area contributed by atoms with Crippen molar-refractivity contribution in [1.82, 2.24) is 4.90 Å². The third-order valence-corrected chi connectivity index (χ3v) is 5.31. The van der Waals surface area contributed by atoms with E-state index in [0.717, 1.165) is 25.3 Å². The number of β-amino-alcohol motifs (C(OH)–C–C–N with tert-alkyl or cyclic N) is 1. The van der Waals surface area contributed by atoms with Crippen molar-refractivity contribution in [2.24, 2.45) is 5.41 Å². The fourth-order valence-electron chi connectivity index (χ4n) is 3.31. The van der Waals surface area contributed by atoms with Crippen LogP contribution in [0.15, 0.2) is 48.5 Å². The van der Waals surface area contributed by atoms with Crippen molar-refractivity contribution in [1.29, 1.82) is 0 Å². The van der Waals surface area contributed by atoms with E-state index in [1.54, 1.807) is 12.1 Å². The SMILES string of the molecule is CC(C)(C)C(=O)Nc1ccccc1OCC(O)CN1CCC(Oc2ccc(Cl)cc2)C1. The van der Waals surface area contributed by atoms with Gasteiger partial charge in [0.05, 0.1) is 5.69 Å². The first-order chi connectivity index (χ1) is 14.7. The van der Waals surface area contributed by atoms with Gasteiger partial charge in [0.1, 0.15) is 30.3 Å². The van der Waals surface area contributed by atoms with Crippen molar-refractivity contribution >= 4 is 23.2 Å². The van der Waals surface area contributed by atoms with Gasteiger partial charge in [-0.2, -0.15) is 0 Å². The molecule has 1 saturated heterocycles. The second-order valence-electron chi connectivity index (χ2n) is 8.91. The quantitative estimate of drug-likeness (QED) is 0.635. The number of halogens is 1. The smallest absolute Gasteiger partial charge is 0.229 e. The van der Waals surface area contributed by atoms with Gasteiger partial charge in [0.15, 0.2) is 0 Å². The molecule has 3 rings (SSSR count). The largest absolute Gasteiger partial charge is 0.489 e. The standard InChI is InChI=1S/C24H31ClN2O4/c1-24(2,3)23(29)26-21-6-4-5-7-22(21)30-16-18(28)14-27-13-12-20(15-27)31-19-10-8-17(25)9-11-19/h4-11,18,20,28H,12-16H2,1-3H3,(H,26,29). The van der Waals surface area contributed by atoms with Gasteiger partial charge in [-0.1, -0.05) is 44.5 Å². The summed E-state index contributed by atoms with van der Waals surface area (Å²) in [5.41, 5.74) is 0.0970. The van der Waals surface area contributed by atoms with Gasteiger partial charge < -0.3 is 19.9 Å². The van der Waals surface area contributed by atoms with Crippen LogP contribution < -0.4 is 14.8 Å². The molecule has 6 nitrogen and oxygen atoms in total. The number of para-hydroxylation sites is 2. The van der Waals surface area contributed by atoms with Crippen molar-refractivity contribution in [2.75, 3.05) is 31.6 Å². The summed E-state index contributed by atoms with van der Waals surface area (Å²) in [5.74, 6) is 1.26. The molecule has 0 aromatic heterocycles. The maximum absolute atomic E-state index is 12.3. The molecule has 0 bridgehead atoms. The zero-order valence-electron chi connectivity index (χ0n) is 18.3. The number of aliphatic hydroxyl groups is 1. The molecule has 0 radical (unpaired) electrons. The Hall–Kier alpha value is -2.28. The molecule has 1 heterocycles.